The molecule has 0 bridgehead atoms. The van der Waals surface area contributed by atoms with Gasteiger partial charge in [-0.25, -0.2) is 4.79 Å². The third kappa shape index (κ3) is 8.35. The van der Waals surface area contributed by atoms with E-state index >= 15 is 0 Å². The van der Waals surface area contributed by atoms with Gasteiger partial charge in [0.1, 0.15) is 31.9 Å². The number of aryl methyl sites for hydroxylation is 2. The van der Waals surface area contributed by atoms with E-state index in [9.17, 15) is 39.6 Å². The number of Topliss-reactive ketones (excluding diaryl/α,β-unsaturated/α-hetero) is 1. The molecule has 2 amide bonds. The second-order valence-electron chi connectivity index (χ2n) is 8.88. The Labute approximate surface area is 257 Å². The number of carboxylic acid groups (broad SMARTS) is 1. The minimum Gasteiger partial charge on any atom is -0.479 e. The third-order valence-corrected chi connectivity index (χ3v) is 6.40. The van der Waals surface area contributed by atoms with Crippen LogP contribution in [-0.2, 0) is 43.2 Å². The molecule has 1 aromatic carbocycles. The number of aliphatic hydroxyl groups excluding tert-OH is 3. The third-order valence-electron chi connectivity index (χ3n) is 6.40. The first-order valence-electron chi connectivity index (χ1n) is 11.8. The number of imide groups is 1. The van der Waals surface area contributed by atoms with E-state index in [1.807, 2.05) is 0 Å². The first-order chi connectivity index (χ1) is 16.9. The zero-order valence-electron chi connectivity index (χ0n) is 20.7. The standard InChI is InChI=1S/C24H28BNO9.3CH4.U/c1-3-12-4-5-14(11-15-19(30)20(31)21(32)22(35-15)23(33)34)13(10-12)6-7-16(27)24(2,25)26-17(28)8-9-18(26)29;;;;/h4-5,8-10,15,19-22,30-32H,3,6-7,11H2,1-2H3,(H,33,34);3*1H4;/i1D;;;;. The molecule has 6 unspecified atom stereocenters. The van der Waals surface area contributed by atoms with Crippen molar-refractivity contribution in [3.8, 4) is 0 Å². The van der Waals surface area contributed by atoms with Crippen LogP contribution in [-0.4, -0.2) is 92.7 Å². The fourth-order valence-corrected chi connectivity index (χ4v) is 4.29. The van der Waals surface area contributed by atoms with Crippen LogP contribution in [0.5, 0.6) is 0 Å². The minimum absolute atomic E-state index is 0. The monoisotopic (exact) mass is 772 g/mol. The summed E-state index contributed by atoms with van der Waals surface area (Å²) in [5, 5.41) is 39.7. The maximum Gasteiger partial charge on any atom is 0.335 e. The summed E-state index contributed by atoms with van der Waals surface area (Å²) < 4.78 is 12.9. The molecule has 2 aliphatic heterocycles. The van der Waals surface area contributed by atoms with Gasteiger partial charge in [-0.2, -0.15) is 0 Å². The van der Waals surface area contributed by atoms with E-state index < -0.39 is 59.5 Å². The summed E-state index contributed by atoms with van der Waals surface area (Å²) in [6.07, 6.45) is -5.54. The predicted molar refractivity (Wildman–Crippen MR) is 143 cm³/mol. The van der Waals surface area contributed by atoms with Crippen molar-refractivity contribution in [2.24, 2.45) is 0 Å². The Balaban J connectivity index is 0. The number of amides is 2. The molecule has 0 aromatic heterocycles. The molecule has 4 N–H and O–H groups in total. The zero-order valence-corrected chi connectivity index (χ0v) is 23.8. The van der Waals surface area contributed by atoms with Gasteiger partial charge in [-0.1, -0.05) is 47.4 Å². The van der Waals surface area contributed by atoms with E-state index in [1.165, 1.54) is 6.92 Å². The van der Waals surface area contributed by atoms with E-state index in [0.29, 0.717) is 22.4 Å². The van der Waals surface area contributed by atoms with Crippen LogP contribution in [0.4, 0.5) is 0 Å². The molecular weight excluding hydrogens is 731 g/mol. The number of rotatable bonds is 9. The largest absolute Gasteiger partial charge is 0.479 e. The van der Waals surface area contributed by atoms with Gasteiger partial charge in [0.25, 0.3) is 11.8 Å². The van der Waals surface area contributed by atoms with Crippen molar-refractivity contribution in [2.45, 2.75) is 97.7 Å². The summed E-state index contributed by atoms with van der Waals surface area (Å²) in [7, 11) is 6.08. The molecule has 0 aliphatic carbocycles. The van der Waals surface area contributed by atoms with E-state index in [2.05, 4.69) is 0 Å². The van der Waals surface area contributed by atoms with E-state index in [-0.39, 0.29) is 79.6 Å². The van der Waals surface area contributed by atoms with Crippen molar-refractivity contribution < 1.29 is 76.8 Å². The Hall–Kier alpha value is -1.80. The van der Waals surface area contributed by atoms with Crippen molar-refractivity contribution in [1.82, 2.24) is 4.90 Å². The number of carboxylic acids is 1. The van der Waals surface area contributed by atoms with Gasteiger partial charge in [0.15, 0.2) is 6.10 Å². The SMILES string of the molecule is C.C.C.[2H]CCc1ccc(CC2OC(C(=O)O)C(O)C(O)C2O)c(CCC(=O)C([B])(C)N2C(=O)C=CC2=O)c1.[U]. The summed E-state index contributed by atoms with van der Waals surface area (Å²) in [6, 6.07) is 5.23. The fraction of sp³-hybridized carbons (Fsp3) is 0.556. The molecule has 214 valence electrons. The van der Waals surface area contributed by atoms with Crippen LogP contribution in [0.15, 0.2) is 30.4 Å². The Kier molecular flexibility index (Phi) is 15.1. The van der Waals surface area contributed by atoms with Gasteiger partial charge in [-0.3, -0.25) is 19.3 Å². The van der Waals surface area contributed by atoms with Crippen LogP contribution in [0.3, 0.4) is 0 Å². The molecule has 2 radical (unpaired) electrons. The molecule has 0 saturated carbocycles. The molecular formula is C27H40BNO9U. The fourth-order valence-electron chi connectivity index (χ4n) is 4.29. The number of hydrogen-bond acceptors (Lipinski definition) is 8. The number of carbonyl (C=O) groups excluding carboxylic acids is 3. The quantitative estimate of drug-likeness (QED) is 0.212. The molecule has 2 heterocycles. The van der Waals surface area contributed by atoms with Crippen molar-refractivity contribution in [1.29, 1.82) is 0 Å². The van der Waals surface area contributed by atoms with Crippen molar-refractivity contribution in [3.63, 3.8) is 0 Å². The smallest absolute Gasteiger partial charge is 0.335 e. The summed E-state index contributed by atoms with van der Waals surface area (Å²) in [5.41, 5.74) is 0.159. The average molecular weight is 772 g/mol. The number of ether oxygens (including phenoxy) is 1. The topological polar surface area (TPSA) is 162 Å². The van der Waals surface area contributed by atoms with Gasteiger partial charge in [-0.05, 0) is 36.5 Å². The van der Waals surface area contributed by atoms with Crippen LogP contribution in [0, 0.1) is 31.1 Å². The van der Waals surface area contributed by atoms with Gasteiger partial charge >= 0.3 is 5.97 Å². The normalized spacial score (nSPS) is 25.7. The van der Waals surface area contributed by atoms with Crippen LogP contribution >= 0.6 is 0 Å². The first-order valence-corrected chi connectivity index (χ1v) is 11.1. The van der Waals surface area contributed by atoms with Crippen molar-refractivity contribution in [3.05, 3.63) is 47.0 Å². The number of carbonyl (C=O) groups is 4. The maximum absolute atomic E-state index is 13.0. The molecule has 1 fully saturated rings. The van der Waals surface area contributed by atoms with Gasteiger partial charge in [0.05, 0.1) is 11.5 Å². The summed E-state index contributed by atoms with van der Waals surface area (Å²) in [6.45, 7) is 1.40. The maximum atomic E-state index is 13.0. The second-order valence-corrected chi connectivity index (χ2v) is 8.88. The van der Waals surface area contributed by atoms with Crippen molar-refractivity contribution >= 4 is 31.4 Å². The van der Waals surface area contributed by atoms with E-state index in [4.69, 9.17) is 14.0 Å². The number of aliphatic hydroxyl groups is 3. The summed E-state index contributed by atoms with van der Waals surface area (Å²) in [4.78, 5) is 49.1. The van der Waals surface area contributed by atoms with Gasteiger partial charge in [0.2, 0.25) is 0 Å². The molecule has 1 saturated heterocycles. The second kappa shape index (κ2) is 15.8. The Bertz CT molecular complexity index is 1070. The Morgan fingerprint density at radius 2 is 1.64 bits per heavy atom. The van der Waals surface area contributed by atoms with Gasteiger partial charge in [-0.15, -0.1) is 0 Å². The molecule has 2 aliphatic rings. The summed E-state index contributed by atoms with van der Waals surface area (Å²) in [5.74, 6) is -3.43. The number of hydrogen-bond donors (Lipinski definition) is 4. The van der Waals surface area contributed by atoms with Crippen LogP contribution < -0.4 is 0 Å². The van der Waals surface area contributed by atoms with Crippen LogP contribution in [0.1, 0.15) is 60.6 Å². The minimum atomic E-state index is -1.87. The van der Waals surface area contributed by atoms with Gasteiger partial charge in [0, 0.05) is 57.5 Å². The molecule has 39 heavy (non-hydrogen) atoms. The number of benzene rings is 1. The molecule has 0 spiro atoms. The van der Waals surface area contributed by atoms with Gasteiger partial charge < -0.3 is 25.2 Å². The predicted octanol–water partition coefficient (Wildman–Crippen LogP) is 0.946. The molecule has 10 nitrogen and oxygen atoms in total. The van der Waals surface area contributed by atoms with Crippen LogP contribution in [0.2, 0.25) is 0 Å². The molecule has 6 atom stereocenters. The Morgan fingerprint density at radius 3 is 2.18 bits per heavy atom. The number of nitrogens with zero attached hydrogens (tertiary/aromatic N) is 1. The number of ketones is 1. The Morgan fingerprint density at radius 1 is 1.05 bits per heavy atom. The molecule has 12 heteroatoms. The number of aliphatic carboxylic acids is 1. The molecule has 3 rings (SSSR count). The average Bonchev–Trinajstić information content (AvgIpc) is 3.17. The first kappa shape index (κ1) is 37.2. The van der Waals surface area contributed by atoms with Crippen LogP contribution in [0.25, 0.3) is 0 Å². The van der Waals surface area contributed by atoms with Crippen molar-refractivity contribution in [2.75, 3.05) is 0 Å². The summed E-state index contributed by atoms with van der Waals surface area (Å²) >= 11 is 0. The molecule has 1 aromatic rings. The van der Waals surface area contributed by atoms with E-state index in [0.717, 1.165) is 17.7 Å². The zero-order chi connectivity index (χ0) is 26.8. The van der Waals surface area contributed by atoms with E-state index in [1.54, 1.807) is 18.2 Å².